The summed E-state index contributed by atoms with van der Waals surface area (Å²) in [6.07, 6.45) is 7.50. The highest BCUT2D eigenvalue weighted by Crippen LogP contribution is 2.27. The Balaban J connectivity index is 2.02. The van der Waals surface area contributed by atoms with Crippen LogP contribution < -0.4 is 10.9 Å². The number of halogens is 1. The molecule has 1 aliphatic rings. The molecule has 0 amide bonds. The molecule has 2 rings (SSSR count). The van der Waals surface area contributed by atoms with Gasteiger partial charge in [0.05, 0.1) is 11.9 Å². The van der Waals surface area contributed by atoms with Crippen LogP contribution in [-0.2, 0) is 6.54 Å². The first kappa shape index (κ1) is 13.4. The fourth-order valence-corrected chi connectivity index (χ4v) is 2.22. The lowest BCUT2D eigenvalue weighted by Crippen LogP contribution is -2.26. The summed E-state index contributed by atoms with van der Waals surface area (Å²) < 4.78 is 1.44. The van der Waals surface area contributed by atoms with Crippen molar-refractivity contribution >= 4 is 17.3 Å². The van der Waals surface area contributed by atoms with Crippen molar-refractivity contribution < 1.29 is 0 Å². The number of nitrogens with zero attached hydrogens (tertiary/aromatic N) is 2. The van der Waals surface area contributed by atoms with Gasteiger partial charge < -0.3 is 5.32 Å². The Morgan fingerprint density at radius 1 is 1.56 bits per heavy atom. The van der Waals surface area contributed by atoms with Gasteiger partial charge in [0.25, 0.3) is 5.56 Å². The van der Waals surface area contributed by atoms with E-state index in [9.17, 15) is 4.79 Å². The Hall–Kier alpha value is -1.03. The molecule has 0 spiro atoms. The van der Waals surface area contributed by atoms with Crippen molar-refractivity contribution in [2.24, 2.45) is 5.92 Å². The minimum atomic E-state index is -0.191. The van der Waals surface area contributed by atoms with Crippen molar-refractivity contribution in [2.75, 3.05) is 11.9 Å². The predicted molar refractivity (Wildman–Crippen MR) is 74.2 cm³/mol. The third-order valence-electron chi connectivity index (χ3n) is 3.51. The van der Waals surface area contributed by atoms with Gasteiger partial charge in [0.15, 0.2) is 0 Å². The molecule has 0 atom stereocenters. The summed E-state index contributed by atoms with van der Waals surface area (Å²) in [7, 11) is 0. The predicted octanol–water partition coefficient (Wildman–Crippen LogP) is 2.91. The van der Waals surface area contributed by atoms with Gasteiger partial charge in [0.1, 0.15) is 5.02 Å². The van der Waals surface area contributed by atoms with Crippen molar-refractivity contribution in [2.45, 2.75) is 45.6 Å². The van der Waals surface area contributed by atoms with Gasteiger partial charge in [-0.05, 0) is 25.2 Å². The molecule has 1 fully saturated rings. The number of nitrogens with one attached hydrogen (secondary N) is 1. The molecule has 1 aromatic heterocycles. The maximum atomic E-state index is 12.0. The minimum Gasteiger partial charge on any atom is -0.382 e. The molecular formula is C13H20ClN3O. The fraction of sp³-hybridized carbons (Fsp3) is 0.692. The highest BCUT2D eigenvalue weighted by molar-refractivity contribution is 6.32. The number of hydrogen-bond acceptors (Lipinski definition) is 3. The summed E-state index contributed by atoms with van der Waals surface area (Å²) in [5.41, 5.74) is 0.477. The average molecular weight is 270 g/mol. The third kappa shape index (κ3) is 3.05. The molecular weight excluding hydrogens is 250 g/mol. The van der Waals surface area contributed by atoms with Crippen LogP contribution in [-0.4, -0.2) is 16.3 Å². The Labute approximate surface area is 112 Å². The van der Waals surface area contributed by atoms with Crippen LogP contribution in [0, 0.1) is 5.92 Å². The lowest BCUT2D eigenvalue weighted by molar-refractivity contribution is 0.333. The molecule has 0 aromatic carbocycles. The second-order valence-corrected chi connectivity index (χ2v) is 5.31. The van der Waals surface area contributed by atoms with E-state index in [4.69, 9.17) is 11.6 Å². The van der Waals surface area contributed by atoms with Gasteiger partial charge in [0, 0.05) is 13.1 Å². The van der Waals surface area contributed by atoms with Crippen LogP contribution in [0.15, 0.2) is 11.0 Å². The van der Waals surface area contributed by atoms with Crippen LogP contribution >= 0.6 is 11.6 Å². The van der Waals surface area contributed by atoms with E-state index in [1.807, 2.05) is 0 Å². The summed E-state index contributed by atoms with van der Waals surface area (Å²) in [4.78, 5) is 12.0. The quantitative estimate of drug-likeness (QED) is 0.864. The molecule has 1 aromatic rings. The van der Waals surface area contributed by atoms with Gasteiger partial charge in [-0.25, -0.2) is 4.68 Å². The number of anilines is 1. The standard InChI is InChI=1S/C13H20ClN3O/c1-2-3-7-17-13(18)12(14)11(9-16-17)15-8-10-5-4-6-10/h9-10,15H,2-8H2,1H3. The van der Waals surface area contributed by atoms with Crippen LogP contribution in [0.2, 0.25) is 5.02 Å². The SMILES string of the molecule is CCCCn1ncc(NCC2CCC2)c(Cl)c1=O. The fourth-order valence-electron chi connectivity index (χ4n) is 2.01. The van der Waals surface area contributed by atoms with Gasteiger partial charge in [0.2, 0.25) is 0 Å². The van der Waals surface area contributed by atoms with E-state index < -0.39 is 0 Å². The van der Waals surface area contributed by atoms with Gasteiger partial charge in [-0.1, -0.05) is 31.4 Å². The molecule has 5 heteroatoms. The monoisotopic (exact) mass is 269 g/mol. The molecule has 18 heavy (non-hydrogen) atoms. The summed E-state index contributed by atoms with van der Waals surface area (Å²) in [6, 6.07) is 0. The first-order chi connectivity index (χ1) is 8.72. The van der Waals surface area contributed by atoms with Crippen molar-refractivity contribution in [1.82, 2.24) is 9.78 Å². The molecule has 0 aliphatic heterocycles. The molecule has 4 nitrogen and oxygen atoms in total. The summed E-state index contributed by atoms with van der Waals surface area (Å²) in [5.74, 6) is 0.726. The smallest absolute Gasteiger partial charge is 0.287 e. The summed E-state index contributed by atoms with van der Waals surface area (Å²) in [6.45, 7) is 3.61. The van der Waals surface area contributed by atoms with Gasteiger partial charge in [-0.3, -0.25) is 4.79 Å². The number of hydrogen-bond donors (Lipinski definition) is 1. The molecule has 0 unspecified atom stereocenters. The molecule has 1 saturated carbocycles. The first-order valence-electron chi connectivity index (χ1n) is 6.72. The Bertz CT molecular complexity index is 454. The van der Waals surface area contributed by atoms with E-state index in [-0.39, 0.29) is 10.6 Å². The number of aryl methyl sites for hydroxylation is 1. The highest BCUT2D eigenvalue weighted by Gasteiger charge is 2.18. The van der Waals surface area contributed by atoms with E-state index in [1.165, 1.54) is 23.9 Å². The zero-order valence-corrected chi connectivity index (χ0v) is 11.5. The average Bonchev–Trinajstić information content (AvgIpc) is 2.31. The van der Waals surface area contributed by atoms with Gasteiger partial charge >= 0.3 is 0 Å². The van der Waals surface area contributed by atoms with Gasteiger partial charge in [-0.2, -0.15) is 5.10 Å². The van der Waals surface area contributed by atoms with Crippen molar-refractivity contribution in [3.63, 3.8) is 0 Å². The van der Waals surface area contributed by atoms with Crippen LogP contribution in [0.1, 0.15) is 39.0 Å². The second-order valence-electron chi connectivity index (χ2n) is 4.93. The summed E-state index contributed by atoms with van der Waals surface area (Å²) >= 11 is 6.09. The molecule has 0 bridgehead atoms. The maximum absolute atomic E-state index is 12.0. The molecule has 1 N–H and O–H groups in total. The normalized spacial score (nSPS) is 15.4. The number of aromatic nitrogens is 2. The summed E-state index contributed by atoms with van der Waals surface area (Å²) in [5, 5.41) is 7.65. The zero-order chi connectivity index (χ0) is 13.0. The topological polar surface area (TPSA) is 46.9 Å². The number of rotatable bonds is 6. The Morgan fingerprint density at radius 3 is 2.94 bits per heavy atom. The molecule has 100 valence electrons. The Morgan fingerprint density at radius 2 is 2.33 bits per heavy atom. The lowest BCUT2D eigenvalue weighted by Gasteiger charge is -2.25. The van der Waals surface area contributed by atoms with Crippen LogP contribution in [0.3, 0.4) is 0 Å². The van der Waals surface area contributed by atoms with Crippen molar-refractivity contribution in [3.05, 3.63) is 21.6 Å². The van der Waals surface area contributed by atoms with Crippen LogP contribution in [0.5, 0.6) is 0 Å². The number of unbranched alkanes of at least 4 members (excludes halogenated alkanes) is 1. The minimum absolute atomic E-state index is 0.191. The molecule has 0 saturated heterocycles. The molecule has 1 heterocycles. The lowest BCUT2D eigenvalue weighted by atomic mass is 9.85. The molecule has 1 aliphatic carbocycles. The molecule has 0 radical (unpaired) electrons. The van der Waals surface area contributed by atoms with E-state index >= 15 is 0 Å². The third-order valence-corrected chi connectivity index (χ3v) is 3.88. The largest absolute Gasteiger partial charge is 0.382 e. The van der Waals surface area contributed by atoms with E-state index in [1.54, 1.807) is 6.20 Å². The maximum Gasteiger partial charge on any atom is 0.287 e. The highest BCUT2D eigenvalue weighted by atomic mass is 35.5. The van der Waals surface area contributed by atoms with Crippen LogP contribution in [0.4, 0.5) is 5.69 Å². The van der Waals surface area contributed by atoms with Crippen LogP contribution in [0.25, 0.3) is 0 Å². The van der Waals surface area contributed by atoms with Gasteiger partial charge in [-0.15, -0.1) is 0 Å². The first-order valence-corrected chi connectivity index (χ1v) is 7.09. The Kier molecular flexibility index (Phi) is 4.64. The van der Waals surface area contributed by atoms with E-state index in [0.29, 0.717) is 12.2 Å². The van der Waals surface area contributed by atoms with E-state index in [0.717, 1.165) is 25.3 Å². The second kappa shape index (κ2) is 6.23. The zero-order valence-electron chi connectivity index (χ0n) is 10.8. The van der Waals surface area contributed by atoms with Crippen molar-refractivity contribution in [3.8, 4) is 0 Å². The van der Waals surface area contributed by atoms with E-state index in [2.05, 4.69) is 17.3 Å². The van der Waals surface area contributed by atoms with Crippen molar-refractivity contribution in [1.29, 1.82) is 0 Å².